The molecule has 4 heavy (non-hydrogen) atoms. The van der Waals surface area contributed by atoms with Crippen molar-refractivity contribution >= 4 is 37.7 Å². The maximum Gasteiger partial charge on any atom is 4.00 e. The van der Waals surface area contributed by atoms with Crippen LogP contribution in [0, 0.1) is 0 Å². The average molecular weight is 165 g/mol. The van der Waals surface area contributed by atoms with Gasteiger partial charge in [0.1, 0.15) is 0 Å². The molecule has 0 heterocycles. The first-order valence-electron chi connectivity index (χ1n) is 0. The smallest absolute Gasteiger partial charge is 2.00 e. The van der Waals surface area contributed by atoms with Gasteiger partial charge < -0.3 is 11.0 Å². The number of hydrogen-bond acceptors (Lipinski definition) is 0. The van der Waals surface area contributed by atoms with Crippen LogP contribution in [0.25, 0.3) is 0 Å². The molecule has 0 spiro atoms. The van der Waals surface area contributed by atoms with Crippen LogP contribution in [0.5, 0.6) is 0 Å². The van der Waals surface area contributed by atoms with Gasteiger partial charge in [-0.25, -0.2) is 0 Å². The van der Waals surface area contributed by atoms with Gasteiger partial charge in [-0.1, -0.05) is 0 Å². The second-order valence-corrected chi connectivity index (χ2v) is 0. The van der Waals surface area contributed by atoms with E-state index >= 15 is 0 Å². The Kier molecular flexibility index (Phi) is 179. The molecule has 20 valence electrons. The predicted molar refractivity (Wildman–Crippen MR) is 9.92 cm³/mol. The topological polar surface area (TPSA) is 57.0 Å². The largest absolute Gasteiger partial charge is 4.00 e. The predicted octanol–water partition coefficient (Wildman–Crippen LogP) is -1.16. The van der Waals surface area contributed by atoms with Crippen molar-refractivity contribution in [3.8, 4) is 0 Å². The second-order valence-electron chi connectivity index (χ2n) is 0. The van der Waals surface area contributed by atoms with Gasteiger partial charge in [0.2, 0.25) is 0 Å². The SMILES string of the molecule is [CaH2].[O-2].[O-2].[Zr+4]. The van der Waals surface area contributed by atoms with E-state index in [1.165, 1.54) is 0 Å². The van der Waals surface area contributed by atoms with Gasteiger partial charge in [-0.2, -0.15) is 0 Å². The monoisotopic (exact) mass is 164 g/mol. The van der Waals surface area contributed by atoms with E-state index in [1.807, 2.05) is 0 Å². The van der Waals surface area contributed by atoms with E-state index in [0.29, 0.717) is 0 Å². The van der Waals surface area contributed by atoms with Crippen LogP contribution in [0.15, 0.2) is 0 Å². The Morgan fingerprint density at radius 2 is 0.750 bits per heavy atom. The molecule has 0 aromatic heterocycles. The Morgan fingerprint density at radius 1 is 0.750 bits per heavy atom. The molecule has 0 radical (unpaired) electrons. The quantitative estimate of drug-likeness (QED) is 0.407. The minimum atomic E-state index is 0. The summed E-state index contributed by atoms with van der Waals surface area (Å²) in [7, 11) is 0. The molecule has 0 saturated heterocycles. The van der Waals surface area contributed by atoms with Crippen LogP contribution < -0.4 is 0 Å². The average Bonchev–Trinajstić information content (AvgIpc) is 0. The Balaban J connectivity index is 0. The molecule has 0 saturated carbocycles. The number of rotatable bonds is 0. The molecule has 0 amide bonds. The summed E-state index contributed by atoms with van der Waals surface area (Å²) in [6.07, 6.45) is 0. The van der Waals surface area contributed by atoms with Crippen molar-refractivity contribution < 1.29 is 37.2 Å². The molecular weight excluding hydrogens is 163 g/mol. The van der Waals surface area contributed by atoms with Crippen molar-refractivity contribution in [2.75, 3.05) is 0 Å². The minimum absolute atomic E-state index is 0. The summed E-state index contributed by atoms with van der Waals surface area (Å²) < 4.78 is 0. The van der Waals surface area contributed by atoms with E-state index in [0.717, 1.165) is 0 Å². The first-order chi connectivity index (χ1) is 0. The van der Waals surface area contributed by atoms with Gasteiger partial charge >= 0.3 is 63.9 Å². The molecule has 0 fully saturated rings. The molecule has 0 aliphatic carbocycles. The molecule has 0 bridgehead atoms. The van der Waals surface area contributed by atoms with Gasteiger partial charge in [-0.05, 0) is 0 Å². The first-order valence-corrected chi connectivity index (χ1v) is 0. The van der Waals surface area contributed by atoms with E-state index < -0.39 is 0 Å². The third-order valence-electron chi connectivity index (χ3n) is 0. The third kappa shape index (κ3) is 8.96. The molecule has 0 rings (SSSR count). The fraction of sp³-hybridized carbons (Fsp3) is 0. The summed E-state index contributed by atoms with van der Waals surface area (Å²) in [4.78, 5) is 0. The molecule has 0 atom stereocenters. The fourth-order valence-corrected chi connectivity index (χ4v) is 0. The summed E-state index contributed by atoms with van der Waals surface area (Å²) >= 11 is 0. The molecule has 0 aromatic rings. The maximum absolute atomic E-state index is 0. The van der Waals surface area contributed by atoms with Crippen LogP contribution in [0.4, 0.5) is 0 Å². The van der Waals surface area contributed by atoms with Gasteiger partial charge in [-0.15, -0.1) is 0 Å². The summed E-state index contributed by atoms with van der Waals surface area (Å²) in [6.45, 7) is 0. The molecule has 4 heteroatoms. The van der Waals surface area contributed by atoms with Crippen LogP contribution in [0.3, 0.4) is 0 Å². The molecule has 0 N–H and O–H groups in total. The van der Waals surface area contributed by atoms with Crippen molar-refractivity contribution in [3.05, 3.63) is 0 Å². The minimum Gasteiger partial charge on any atom is -2.00 e. The van der Waals surface area contributed by atoms with Crippen molar-refractivity contribution in [2.45, 2.75) is 0 Å². The van der Waals surface area contributed by atoms with Gasteiger partial charge in [-0.3, -0.25) is 0 Å². The molecule has 0 aliphatic rings. The van der Waals surface area contributed by atoms with Crippen LogP contribution in [0.1, 0.15) is 0 Å². The van der Waals surface area contributed by atoms with Crippen LogP contribution in [0.2, 0.25) is 0 Å². The molecule has 2 nitrogen and oxygen atoms in total. The van der Waals surface area contributed by atoms with Crippen molar-refractivity contribution in [1.82, 2.24) is 0 Å². The van der Waals surface area contributed by atoms with E-state index in [-0.39, 0.29) is 74.9 Å². The van der Waals surface area contributed by atoms with E-state index in [2.05, 4.69) is 0 Å². The normalized spacial score (nSPS) is 0. The molecule has 0 unspecified atom stereocenters. The molecule has 0 aromatic carbocycles. The zero-order valence-electron chi connectivity index (χ0n) is 1.32. The van der Waals surface area contributed by atoms with Gasteiger partial charge in [0.15, 0.2) is 0 Å². The van der Waals surface area contributed by atoms with Crippen LogP contribution in [-0.2, 0) is 37.2 Å². The maximum atomic E-state index is 0. The van der Waals surface area contributed by atoms with E-state index in [4.69, 9.17) is 0 Å². The summed E-state index contributed by atoms with van der Waals surface area (Å²) in [5, 5.41) is 0. The molecular formula is H2CaO2Zr. The van der Waals surface area contributed by atoms with Crippen LogP contribution >= 0.6 is 0 Å². The zero-order chi connectivity index (χ0) is 0. The van der Waals surface area contributed by atoms with E-state index in [9.17, 15) is 0 Å². The van der Waals surface area contributed by atoms with E-state index in [1.54, 1.807) is 0 Å². The fourth-order valence-electron chi connectivity index (χ4n) is 0. The van der Waals surface area contributed by atoms with Crippen molar-refractivity contribution in [2.24, 2.45) is 0 Å². The Morgan fingerprint density at radius 3 is 0.750 bits per heavy atom. The van der Waals surface area contributed by atoms with Gasteiger partial charge in [0.05, 0.1) is 0 Å². The number of hydrogen-bond donors (Lipinski definition) is 0. The van der Waals surface area contributed by atoms with Gasteiger partial charge in [0.25, 0.3) is 0 Å². The Hall–Kier alpha value is 2.06. The van der Waals surface area contributed by atoms with Crippen molar-refractivity contribution in [1.29, 1.82) is 0 Å². The summed E-state index contributed by atoms with van der Waals surface area (Å²) in [5.41, 5.74) is 0. The second kappa shape index (κ2) is 19.6. The Bertz CT molecular complexity index is 6.00. The Labute approximate surface area is 73.7 Å². The standard InChI is InChI=1S/Ca.2O.Zr.2H/q;2*-2;+4;;. The van der Waals surface area contributed by atoms with Crippen molar-refractivity contribution in [3.63, 3.8) is 0 Å². The summed E-state index contributed by atoms with van der Waals surface area (Å²) in [5.74, 6) is 0. The summed E-state index contributed by atoms with van der Waals surface area (Å²) in [6, 6.07) is 0. The molecule has 0 aliphatic heterocycles. The van der Waals surface area contributed by atoms with Gasteiger partial charge in [0, 0.05) is 0 Å². The zero-order valence-corrected chi connectivity index (χ0v) is 3.77. The van der Waals surface area contributed by atoms with Crippen LogP contribution in [-0.4, -0.2) is 37.7 Å². The third-order valence-corrected chi connectivity index (χ3v) is 0. The first kappa shape index (κ1) is 36.5.